The molecule has 0 fully saturated rings. The summed E-state index contributed by atoms with van der Waals surface area (Å²) < 4.78 is 23.5. The van der Waals surface area contributed by atoms with Gasteiger partial charge in [-0.05, 0) is 50.2 Å². The van der Waals surface area contributed by atoms with Crippen molar-refractivity contribution < 1.29 is 28.5 Å². The van der Waals surface area contributed by atoms with Gasteiger partial charge in [-0.25, -0.2) is 4.79 Å². The molecular weight excluding hydrogens is 426 g/mol. The van der Waals surface area contributed by atoms with Crippen LogP contribution in [0.1, 0.15) is 34.6 Å². The van der Waals surface area contributed by atoms with Crippen molar-refractivity contribution in [3.8, 4) is 17.2 Å². The van der Waals surface area contributed by atoms with Crippen molar-refractivity contribution in [1.82, 2.24) is 9.78 Å². The number of anilines is 1. The van der Waals surface area contributed by atoms with E-state index in [1.54, 1.807) is 80.5 Å². The van der Waals surface area contributed by atoms with E-state index in [1.165, 1.54) is 0 Å². The first-order valence-electron chi connectivity index (χ1n) is 10.4. The van der Waals surface area contributed by atoms with Gasteiger partial charge in [-0.1, -0.05) is 0 Å². The van der Waals surface area contributed by atoms with Crippen molar-refractivity contribution in [2.24, 2.45) is 7.05 Å². The highest BCUT2D eigenvalue weighted by Gasteiger charge is 2.14. The van der Waals surface area contributed by atoms with E-state index < -0.39 is 5.97 Å². The lowest BCUT2D eigenvalue weighted by Crippen LogP contribution is -2.18. The van der Waals surface area contributed by atoms with Crippen LogP contribution in [-0.4, -0.2) is 48.1 Å². The zero-order valence-electron chi connectivity index (χ0n) is 19.0. The molecule has 9 heteroatoms. The summed E-state index contributed by atoms with van der Waals surface area (Å²) in [6.45, 7) is 4.29. The molecule has 0 radical (unpaired) electrons. The van der Waals surface area contributed by atoms with E-state index in [-0.39, 0.29) is 12.0 Å². The lowest BCUT2D eigenvalue weighted by Gasteiger charge is -2.16. The summed E-state index contributed by atoms with van der Waals surface area (Å²) in [5.74, 6) is 1.000. The number of aryl methyl sites for hydroxylation is 1. The number of aromatic nitrogens is 2. The second-order valence-electron chi connectivity index (χ2n) is 7.25. The van der Waals surface area contributed by atoms with Gasteiger partial charge in [0.15, 0.2) is 5.82 Å². The standard InChI is InChI=1S/C24H27N3O6/c1-5-31-24(29)17-6-8-19(9-7-17)33-21-13-18(12-20(14-21)32-16(2)15-30-4)23(28)25-22-10-11-27(3)26-22/h6-14,16H,5,15H2,1-4H3,(H,25,26,28)/t16-/m0/s1. The molecule has 0 aliphatic carbocycles. The number of methoxy groups -OCH3 is 1. The molecule has 1 atom stereocenters. The molecule has 1 N–H and O–H groups in total. The molecule has 0 aliphatic heterocycles. The lowest BCUT2D eigenvalue weighted by atomic mass is 10.1. The highest BCUT2D eigenvalue weighted by Crippen LogP contribution is 2.29. The first kappa shape index (κ1) is 23.8. The largest absolute Gasteiger partial charge is 0.488 e. The van der Waals surface area contributed by atoms with Gasteiger partial charge in [0, 0.05) is 38.1 Å². The molecule has 0 unspecified atom stereocenters. The minimum absolute atomic E-state index is 0.235. The smallest absolute Gasteiger partial charge is 0.338 e. The zero-order valence-corrected chi connectivity index (χ0v) is 19.0. The number of amides is 1. The highest BCUT2D eigenvalue weighted by atomic mass is 16.5. The summed E-state index contributed by atoms with van der Waals surface area (Å²) >= 11 is 0. The first-order chi connectivity index (χ1) is 15.9. The number of hydrogen-bond acceptors (Lipinski definition) is 7. The number of benzene rings is 2. The molecule has 0 aliphatic rings. The monoisotopic (exact) mass is 453 g/mol. The third kappa shape index (κ3) is 6.81. The lowest BCUT2D eigenvalue weighted by molar-refractivity contribution is 0.0526. The molecule has 1 aromatic heterocycles. The number of esters is 1. The fourth-order valence-corrected chi connectivity index (χ4v) is 3.01. The highest BCUT2D eigenvalue weighted by molar-refractivity contribution is 6.04. The van der Waals surface area contributed by atoms with Gasteiger partial charge in [0.05, 0.1) is 18.8 Å². The molecule has 1 heterocycles. The third-order valence-electron chi connectivity index (χ3n) is 4.44. The number of carbonyl (C=O) groups is 2. The van der Waals surface area contributed by atoms with Gasteiger partial charge in [-0.2, -0.15) is 5.10 Å². The summed E-state index contributed by atoms with van der Waals surface area (Å²) in [7, 11) is 3.35. The van der Waals surface area contributed by atoms with Crippen LogP contribution in [0.4, 0.5) is 5.82 Å². The van der Waals surface area contributed by atoms with Crippen LogP contribution in [0.3, 0.4) is 0 Å². The van der Waals surface area contributed by atoms with Crippen LogP contribution in [0, 0.1) is 0 Å². The van der Waals surface area contributed by atoms with Crippen LogP contribution in [0.25, 0.3) is 0 Å². The molecule has 1 amide bonds. The van der Waals surface area contributed by atoms with Gasteiger partial charge < -0.3 is 24.3 Å². The molecule has 2 aromatic carbocycles. The second-order valence-corrected chi connectivity index (χ2v) is 7.25. The maximum absolute atomic E-state index is 12.8. The summed E-state index contributed by atoms with van der Waals surface area (Å²) in [6, 6.07) is 13.1. The Balaban J connectivity index is 1.83. The second kappa shape index (κ2) is 11.1. The Hall–Kier alpha value is -3.85. The topological polar surface area (TPSA) is 101 Å². The van der Waals surface area contributed by atoms with E-state index in [9.17, 15) is 9.59 Å². The van der Waals surface area contributed by atoms with Crippen LogP contribution in [-0.2, 0) is 16.5 Å². The van der Waals surface area contributed by atoms with E-state index in [0.29, 0.717) is 47.4 Å². The van der Waals surface area contributed by atoms with Gasteiger partial charge in [-0.15, -0.1) is 0 Å². The molecule has 33 heavy (non-hydrogen) atoms. The molecule has 9 nitrogen and oxygen atoms in total. The number of nitrogens with one attached hydrogen (secondary N) is 1. The van der Waals surface area contributed by atoms with E-state index in [1.807, 2.05) is 6.92 Å². The molecule has 0 saturated carbocycles. The Bertz CT molecular complexity index is 1090. The SMILES string of the molecule is CCOC(=O)c1ccc(Oc2cc(O[C@@H](C)COC)cc(C(=O)Nc3ccn(C)n3)c2)cc1. The van der Waals surface area contributed by atoms with Gasteiger partial charge in [0.1, 0.15) is 23.4 Å². The minimum atomic E-state index is -0.403. The number of hydrogen-bond donors (Lipinski definition) is 1. The maximum atomic E-state index is 12.8. The Labute approximate surface area is 192 Å². The molecular formula is C24H27N3O6. The Kier molecular flexibility index (Phi) is 8.04. The molecule has 174 valence electrons. The Morgan fingerprint density at radius 1 is 1.03 bits per heavy atom. The molecule has 0 spiro atoms. The number of carbonyl (C=O) groups excluding carboxylic acids is 2. The normalized spacial score (nSPS) is 11.5. The minimum Gasteiger partial charge on any atom is -0.488 e. The van der Waals surface area contributed by atoms with Crippen molar-refractivity contribution >= 4 is 17.7 Å². The van der Waals surface area contributed by atoms with E-state index in [2.05, 4.69) is 10.4 Å². The zero-order chi connectivity index (χ0) is 23.8. The summed E-state index contributed by atoms with van der Waals surface area (Å²) in [6.07, 6.45) is 1.50. The van der Waals surface area contributed by atoms with Crippen LogP contribution in [0.2, 0.25) is 0 Å². The average molecular weight is 453 g/mol. The van der Waals surface area contributed by atoms with Crippen molar-refractivity contribution in [3.63, 3.8) is 0 Å². The summed E-state index contributed by atoms with van der Waals surface area (Å²) in [4.78, 5) is 24.7. The Morgan fingerprint density at radius 3 is 2.39 bits per heavy atom. The average Bonchev–Trinajstić information content (AvgIpc) is 3.18. The molecule has 3 rings (SSSR count). The fourth-order valence-electron chi connectivity index (χ4n) is 3.01. The van der Waals surface area contributed by atoms with Gasteiger partial charge in [0.25, 0.3) is 5.91 Å². The van der Waals surface area contributed by atoms with Crippen LogP contribution in [0.5, 0.6) is 17.2 Å². The predicted molar refractivity (Wildman–Crippen MR) is 122 cm³/mol. The van der Waals surface area contributed by atoms with Gasteiger partial charge >= 0.3 is 5.97 Å². The number of nitrogens with zero attached hydrogens (tertiary/aromatic N) is 2. The number of rotatable bonds is 10. The third-order valence-corrected chi connectivity index (χ3v) is 4.44. The molecule has 3 aromatic rings. The van der Waals surface area contributed by atoms with Crippen LogP contribution < -0.4 is 14.8 Å². The van der Waals surface area contributed by atoms with E-state index in [4.69, 9.17) is 18.9 Å². The fraction of sp³-hybridized carbons (Fsp3) is 0.292. The predicted octanol–water partition coefficient (Wildman–Crippen LogP) is 4.06. The quantitative estimate of drug-likeness (QED) is 0.462. The van der Waals surface area contributed by atoms with Crippen molar-refractivity contribution in [2.45, 2.75) is 20.0 Å². The summed E-state index contributed by atoms with van der Waals surface area (Å²) in [5, 5.41) is 6.91. The van der Waals surface area contributed by atoms with Crippen molar-refractivity contribution in [2.75, 3.05) is 25.6 Å². The van der Waals surface area contributed by atoms with E-state index in [0.717, 1.165) is 0 Å². The number of ether oxygens (including phenoxy) is 4. The summed E-state index contributed by atoms with van der Waals surface area (Å²) in [5.41, 5.74) is 0.756. The van der Waals surface area contributed by atoms with Crippen LogP contribution in [0.15, 0.2) is 54.7 Å². The Morgan fingerprint density at radius 2 is 1.76 bits per heavy atom. The molecule has 0 bridgehead atoms. The first-order valence-corrected chi connectivity index (χ1v) is 10.4. The van der Waals surface area contributed by atoms with Crippen molar-refractivity contribution in [1.29, 1.82) is 0 Å². The molecule has 0 saturated heterocycles. The van der Waals surface area contributed by atoms with Crippen molar-refractivity contribution in [3.05, 3.63) is 65.9 Å². The van der Waals surface area contributed by atoms with E-state index >= 15 is 0 Å². The van der Waals surface area contributed by atoms with Gasteiger partial charge in [-0.3, -0.25) is 9.48 Å². The van der Waals surface area contributed by atoms with Gasteiger partial charge in [0.2, 0.25) is 0 Å². The van der Waals surface area contributed by atoms with Crippen LogP contribution >= 0.6 is 0 Å². The maximum Gasteiger partial charge on any atom is 0.338 e.